The lowest BCUT2D eigenvalue weighted by atomic mass is 10.0. The quantitative estimate of drug-likeness (QED) is 0.581. The number of likely N-dealkylation sites (tertiary alicyclic amines) is 1. The van der Waals surface area contributed by atoms with Crippen molar-refractivity contribution in [1.29, 1.82) is 0 Å². The van der Waals surface area contributed by atoms with Gasteiger partial charge in [0.25, 0.3) is 0 Å². The minimum Gasteiger partial charge on any atom is -0.465 e. The molecule has 64 valence electrons. The van der Waals surface area contributed by atoms with Crippen molar-refractivity contribution in [3.8, 4) is 0 Å². The summed E-state index contributed by atoms with van der Waals surface area (Å²) in [6.07, 6.45) is -0.489. The van der Waals surface area contributed by atoms with E-state index in [1.807, 2.05) is 0 Å². The van der Waals surface area contributed by atoms with Crippen molar-refractivity contribution in [2.75, 3.05) is 13.1 Å². The van der Waals surface area contributed by atoms with Crippen molar-refractivity contribution in [2.45, 2.75) is 19.4 Å². The summed E-state index contributed by atoms with van der Waals surface area (Å²) < 4.78 is 0. The van der Waals surface area contributed by atoms with Crippen molar-refractivity contribution in [3.05, 3.63) is 0 Å². The Hall–Kier alpha value is -0.770. The Morgan fingerprint density at radius 2 is 2.36 bits per heavy atom. The average Bonchev–Trinajstić information content (AvgIpc) is 2.33. The average molecular weight is 159 g/mol. The first kappa shape index (κ1) is 8.33. The van der Waals surface area contributed by atoms with Crippen LogP contribution in [0.1, 0.15) is 13.3 Å². The van der Waals surface area contributed by atoms with Crippen LogP contribution in [0, 0.1) is 5.92 Å². The van der Waals surface area contributed by atoms with Crippen LogP contribution in [-0.2, 0) is 0 Å². The predicted octanol–water partition coefficient (Wildman–Crippen LogP) is 0.367. The number of hydrogen-bond acceptors (Lipinski definition) is 2. The summed E-state index contributed by atoms with van der Waals surface area (Å²) in [4.78, 5) is 11.8. The fraction of sp³-hybridized carbons (Fsp3) is 0.857. The van der Waals surface area contributed by atoms with Gasteiger partial charge in [-0.15, -0.1) is 0 Å². The Kier molecular flexibility index (Phi) is 2.34. The number of amides is 1. The second-order valence-electron chi connectivity index (χ2n) is 3.02. The zero-order chi connectivity index (χ0) is 8.43. The van der Waals surface area contributed by atoms with Crippen molar-refractivity contribution in [2.24, 2.45) is 5.92 Å². The Morgan fingerprint density at radius 1 is 1.73 bits per heavy atom. The number of carboxylic acid groups (broad SMARTS) is 1. The summed E-state index contributed by atoms with van der Waals surface area (Å²) in [5.74, 6) is 0.131. The van der Waals surface area contributed by atoms with Gasteiger partial charge in [0.2, 0.25) is 0 Å². The standard InChI is InChI=1S/C7H13NO3/c1-5(9)6-2-3-8(4-6)7(10)11/h5-6,9H,2-4H2,1H3,(H,10,11)/t5-,6+/m1/s1. The van der Waals surface area contributed by atoms with Gasteiger partial charge in [0.15, 0.2) is 0 Å². The number of carbonyl (C=O) groups is 1. The Balaban J connectivity index is 2.41. The van der Waals surface area contributed by atoms with Gasteiger partial charge in [-0.3, -0.25) is 0 Å². The van der Waals surface area contributed by atoms with Gasteiger partial charge in [0.1, 0.15) is 0 Å². The predicted molar refractivity (Wildman–Crippen MR) is 39.4 cm³/mol. The lowest BCUT2D eigenvalue weighted by Gasteiger charge is -2.13. The van der Waals surface area contributed by atoms with Gasteiger partial charge in [0, 0.05) is 19.0 Å². The van der Waals surface area contributed by atoms with E-state index in [1.165, 1.54) is 4.90 Å². The van der Waals surface area contributed by atoms with Crippen LogP contribution >= 0.6 is 0 Å². The third-order valence-corrected chi connectivity index (χ3v) is 2.18. The number of aliphatic hydroxyl groups excluding tert-OH is 1. The molecule has 0 unspecified atom stereocenters. The summed E-state index contributed by atoms with van der Waals surface area (Å²) >= 11 is 0. The number of rotatable bonds is 1. The summed E-state index contributed by atoms with van der Waals surface area (Å²) in [7, 11) is 0. The molecule has 1 rings (SSSR count). The Bertz CT molecular complexity index is 158. The first-order valence-corrected chi connectivity index (χ1v) is 3.77. The summed E-state index contributed by atoms with van der Waals surface area (Å²) in [6, 6.07) is 0. The highest BCUT2D eigenvalue weighted by Crippen LogP contribution is 2.19. The molecule has 0 spiro atoms. The third-order valence-electron chi connectivity index (χ3n) is 2.18. The maximum Gasteiger partial charge on any atom is 0.407 e. The molecule has 0 aromatic heterocycles. The molecule has 1 heterocycles. The largest absolute Gasteiger partial charge is 0.465 e. The van der Waals surface area contributed by atoms with Crippen LogP contribution in [0.3, 0.4) is 0 Å². The molecule has 0 aliphatic carbocycles. The molecule has 11 heavy (non-hydrogen) atoms. The molecule has 4 nitrogen and oxygen atoms in total. The highest BCUT2D eigenvalue weighted by Gasteiger charge is 2.28. The van der Waals surface area contributed by atoms with Gasteiger partial charge >= 0.3 is 6.09 Å². The van der Waals surface area contributed by atoms with Crippen LogP contribution in [0.25, 0.3) is 0 Å². The second-order valence-corrected chi connectivity index (χ2v) is 3.02. The SMILES string of the molecule is C[C@@H](O)[C@H]1CCN(C(=O)O)C1. The molecule has 0 bridgehead atoms. The number of hydrogen-bond donors (Lipinski definition) is 2. The molecule has 0 aromatic carbocycles. The normalized spacial score (nSPS) is 27.1. The van der Waals surface area contributed by atoms with E-state index in [4.69, 9.17) is 10.2 Å². The van der Waals surface area contributed by atoms with Gasteiger partial charge in [0.05, 0.1) is 6.10 Å². The smallest absolute Gasteiger partial charge is 0.407 e. The highest BCUT2D eigenvalue weighted by atomic mass is 16.4. The van der Waals surface area contributed by atoms with Crippen molar-refractivity contribution >= 4 is 6.09 Å². The lowest BCUT2D eigenvalue weighted by Crippen LogP contribution is -2.28. The molecule has 2 atom stereocenters. The minimum atomic E-state index is -0.881. The third kappa shape index (κ3) is 1.83. The Labute approximate surface area is 65.4 Å². The van der Waals surface area contributed by atoms with Gasteiger partial charge in [-0.25, -0.2) is 4.79 Å². The van der Waals surface area contributed by atoms with Gasteiger partial charge in [-0.05, 0) is 13.3 Å². The van der Waals surface area contributed by atoms with Gasteiger partial charge in [-0.1, -0.05) is 0 Å². The summed E-state index contributed by atoms with van der Waals surface area (Å²) in [6.45, 7) is 2.74. The first-order chi connectivity index (χ1) is 5.11. The molecule has 4 heteroatoms. The van der Waals surface area contributed by atoms with Gasteiger partial charge in [-0.2, -0.15) is 0 Å². The molecule has 0 saturated carbocycles. The maximum absolute atomic E-state index is 10.4. The van der Waals surface area contributed by atoms with Crippen LogP contribution < -0.4 is 0 Å². The van der Waals surface area contributed by atoms with E-state index in [9.17, 15) is 4.79 Å². The van der Waals surface area contributed by atoms with E-state index in [0.717, 1.165) is 6.42 Å². The molecule has 1 amide bonds. The molecule has 0 radical (unpaired) electrons. The Morgan fingerprint density at radius 3 is 2.64 bits per heavy atom. The van der Waals surface area contributed by atoms with Gasteiger partial charge < -0.3 is 15.1 Å². The van der Waals surface area contributed by atoms with E-state index < -0.39 is 6.09 Å². The van der Waals surface area contributed by atoms with E-state index in [0.29, 0.717) is 13.1 Å². The zero-order valence-corrected chi connectivity index (χ0v) is 6.53. The zero-order valence-electron chi connectivity index (χ0n) is 6.53. The lowest BCUT2D eigenvalue weighted by molar-refractivity contribution is 0.121. The summed E-state index contributed by atoms with van der Waals surface area (Å²) in [5.41, 5.74) is 0. The molecule has 1 aliphatic heterocycles. The molecule has 0 aromatic rings. The molecular weight excluding hydrogens is 146 g/mol. The minimum absolute atomic E-state index is 0.131. The van der Waals surface area contributed by atoms with Crippen LogP contribution in [0.5, 0.6) is 0 Å². The van der Waals surface area contributed by atoms with Crippen LogP contribution in [0.15, 0.2) is 0 Å². The number of aliphatic hydroxyl groups is 1. The van der Waals surface area contributed by atoms with Crippen molar-refractivity contribution in [1.82, 2.24) is 4.90 Å². The molecule has 2 N–H and O–H groups in total. The van der Waals surface area contributed by atoms with Crippen LogP contribution in [0.4, 0.5) is 4.79 Å². The van der Waals surface area contributed by atoms with Crippen LogP contribution in [-0.4, -0.2) is 40.4 Å². The molecule has 1 saturated heterocycles. The van der Waals surface area contributed by atoms with Crippen molar-refractivity contribution in [3.63, 3.8) is 0 Å². The van der Waals surface area contributed by atoms with Crippen molar-refractivity contribution < 1.29 is 15.0 Å². The topological polar surface area (TPSA) is 60.8 Å². The monoisotopic (exact) mass is 159 g/mol. The maximum atomic E-state index is 10.4. The fourth-order valence-corrected chi connectivity index (χ4v) is 1.35. The van der Waals surface area contributed by atoms with E-state index in [2.05, 4.69) is 0 Å². The van der Waals surface area contributed by atoms with Crippen LogP contribution in [0.2, 0.25) is 0 Å². The first-order valence-electron chi connectivity index (χ1n) is 3.77. The highest BCUT2D eigenvalue weighted by molar-refractivity contribution is 5.65. The number of nitrogens with zero attached hydrogens (tertiary/aromatic N) is 1. The van der Waals surface area contributed by atoms with E-state index in [-0.39, 0.29) is 12.0 Å². The second kappa shape index (κ2) is 3.09. The summed E-state index contributed by atoms with van der Waals surface area (Å²) in [5, 5.41) is 17.7. The molecule has 1 aliphatic rings. The molecular formula is C7H13NO3. The molecule has 1 fully saturated rings. The van der Waals surface area contributed by atoms with E-state index in [1.54, 1.807) is 6.92 Å². The van der Waals surface area contributed by atoms with E-state index >= 15 is 0 Å². The fourth-order valence-electron chi connectivity index (χ4n) is 1.35.